The van der Waals surface area contributed by atoms with Gasteiger partial charge >= 0.3 is 0 Å². The molecule has 0 radical (unpaired) electrons. The molecule has 0 spiro atoms. The topological polar surface area (TPSA) is 80.3 Å². The maximum Gasteiger partial charge on any atom is 0.160 e. The zero-order valence-electron chi connectivity index (χ0n) is 61.0. The first-order valence-corrected chi connectivity index (χ1v) is 37.3. The molecule has 16 rings (SSSR count). The Balaban J connectivity index is 0.767. The van der Waals surface area contributed by atoms with Crippen molar-refractivity contribution in [1.82, 2.24) is 0 Å². The van der Waals surface area contributed by atoms with E-state index >= 15 is 17.6 Å². The van der Waals surface area contributed by atoms with E-state index in [4.69, 9.17) is 37.9 Å². The smallest absolute Gasteiger partial charge is 0.160 e. The van der Waals surface area contributed by atoms with E-state index in [2.05, 4.69) is 159 Å². The molecule has 0 aromatic heterocycles. The Bertz CT molecular complexity index is 4850. The maximum absolute atomic E-state index is 15.9. The molecule has 108 heavy (non-hydrogen) atoms. The first-order chi connectivity index (χ1) is 52.9. The minimum atomic E-state index is -0.985. The van der Waals surface area contributed by atoms with Gasteiger partial charge < -0.3 is 47.7 Å². The average molecular weight is 1450 g/mol. The summed E-state index contributed by atoms with van der Waals surface area (Å²) in [6.45, 7) is 15.0. The van der Waals surface area contributed by atoms with Crippen molar-refractivity contribution in [1.29, 1.82) is 0 Å². The zero-order chi connectivity index (χ0) is 74.0. The van der Waals surface area contributed by atoms with Gasteiger partial charge in [-0.25, -0.2) is 17.6 Å². The van der Waals surface area contributed by atoms with Crippen molar-refractivity contribution in [3.05, 3.63) is 335 Å². The minimum absolute atomic E-state index is 0.0128. The number of benzene rings is 12. The van der Waals surface area contributed by atoms with Gasteiger partial charge in [0.1, 0.15) is 36.2 Å². The number of anilines is 6. The molecule has 12 aromatic rings. The molecule has 546 valence electrons. The highest BCUT2D eigenvalue weighted by Crippen LogP contribution is 2.60. The quantitative estimate of drug-likeness (QED) is 0.0334. The highest BCUT2D eigenvalue weighted by molar-refractivity contribution is 5.92. The van der Waals surface area contributed by atoms with Gasteiger partial charge in [-0.1, -0.05) is 147 Å². The van der Waals surface area contributed by atoms with Crippen LogP contribution in [0, 0.1) is 34.1 Å². The van der Waals surface area contributed by atoms with E-state index in [1.807, 2.05) is 109 Å². The van der Waals surface area contributed by atoms with Crippen molar-refractivity contribution in [2.75, 3.05) is 89.1 Å². The third kappa shape index (κ3) is 13.1. The summed E-state index contributed by atoms with van der Waals surface area (Å²) in [5.74, 6) is -0.953. The minimum Gasteiger partial charge on any atom is -0.493 e. The van der Waals surface area contributed by atoms with Crippen LogP contribution in [0.2, 0.25) is 0 Å². The normalized spacial score (nSPS) is 16.8. The summed E-state index contributed by atoms with van der Waals surface area (Å²) in [6, 6.07) is 87.1. The van der Waals surface area contributed by atoms with Crippen LogP contribution in [0.1, 0.15) is 85.0 Å². The highest BCUT2D eigenvalue weighted by Gasteiger charge is 2.49. The molecule has 0 N–H and O–H groups in total. The molecule has 2 aliphatic heterocycles. The monoisotopic (exact) mass is 1440 g/mol. The molecule has 2 heterocycles. The van der Waals surface area contributed by atoms with Crippen molar-refractivity contribution < 1.29 is 55.5 Å². The molecule has 10 nitrogen and oxygen atoms in total. The molecule has 0 bridgehead atoms. The first-order valence-electron chi connectivity index (χ1n) is 37.3. The Morgan fingerprint density at radius 3 is 0.944 bits per heavy atom. The SMILES string of the molecule is CCOCCOc1ccc(C2(c3ccc(OCC4(CC)COC4)cc3)c3ccccc3-c3ccc(N(c4ccc(-c5ccc(N(c6ccc(F)c(F)c6)c6ccc7c(c6)C(c6ccc(OCCOCC)cc6)(c6ccc(OCC8(CC)COC8)cc6)c6ccccc6-7)cc5)cc4)c4ccc(F)c(F)c4)cc32)cc1. The second-order valence-corrected chi connectivity index (χ2v) is 28.5. The molecular weight excluding hydrogens is 1360 g/mol. The fourth-order valence-corrected chi connectivity index (χ4v) is 16.1. The summed E-state index contributed by atoms with van der Waals surface area (Å²) in [6.07, 6.45) is 1.90. The standard InChI is InChI=1S/C94H84F4N2O8/c1-5-91(57-103-58-91)61-107-77-41-25-67(26-42-77)93(65-21-37-75(38-22-65)105-51-49-101-7-3)83-15-11-9-13-79(83)81-45-33-71(53-85(81)93)99(73-35-47-87(95)89(97)55-73)69-29-17-63(18-30-69)64-19-31-70(32-20-64)100(74-36-48-88(96)90(98)56-74)72-34-46-82-80-14-10-12-16-84(80)94(86(82)54-72,66-23-39-76(40-24-66)106-52-50-102-8-4)68-27-43-78(44-28-68)108-62-92(6-2)59-104-60-92/h9-48,53-56H,5-8,49-52,57-62H2,1-4H3. The van der Waals surface area contributed by atoms with Gasteiger partial charge in [0.05, 0.1) is 74.5 Å². The van der Waals surface area contributed by atoms with Crippen LogP contribution in [0.25, 0.3) is 33.4 Å². The lowest BCUT2D eigenvalue weighted by Crippen LogP contribution is -2.46. The molecule has 0 saturated carbocycles. The largest absolute Gasteiger partial charge is 0.493 e. The number of hydrogen-bond donors (Lipinski definition) is 0. The number of hydrogen-bond acceptors (Lipinski definition) is 10. The molecular formula is C94H84F4N2O8. The van der Waals surface area contributed by atoms with Crippen LogP contribution < -0.4 is 28.7 Å². The number of rotatable bonds is 29. The number of halogens is 4. The summed E-state index contributed by atoms with van der Waals surface area (Å²) >= 11 is 0. The Kier molecular flexibility index (Phi) is 20.0. The van der Waals surface area contributed by atoms with Gasteiger partial charge in [0, 0.05) is 59.5 Å². The van der Waals surface area contributed by atoms with Crippen LogP contribution in [-0.2, 0) is 29.8 Å². The van der Waals surface area contributed by atoms with Gasteiger partial charge in [-0.15, -0.1) is 0 Å². The summed E-state index contributed by atoms with van der Waals surface area (Å²) in [5.41, 5.74) is 15.9. The fourth-order valence-electron chi connectivity index (χ4n) is 16.1. The molecule has 12 aromatic carbocycles. The highest BCUT2D eigenvalue weighted by atomic mass is 19.2. The van der Waals surface area contributed by atoms with Gasteiger partial charge in [0.2, 0.25) is 0 Å². The van der Waals surface area contributed by atoms with Gasteiger partial charge in [-0.2, -0.15) is 0 Å². The summed E-state index contributed by atoms with van der Waals surface area (Å²) in [5, 5.41) is 0. The second-order valence-electron chi connectivity index (χ2n) is 28.5. The molecule has 2 aliphatic carbocycles. The van der Waals surface area contributed by atoms with Crippen LogP contribution in [0.4, 0.5) is 51.7 Å². The van der Waals surface area contributed by atoms with Crippen molar-refractivity contribution in [2.45, 2.75) is 51.4 Å². The number of ether oxygens (including phenoxy) is 8. The lowest BCUT2D eigenvalue weighted by Gasteiger charge is -2.40. The lowest BCUT2D eigenvalue weighted by molar-refractivity contribution is -0.133. The van der Waals surface area contributed by atoms with Crippen LogP contribution in [-0.4, -0.2) is 79.3 Å². The predicted octanol–water partition coefficient (Wildman–Crippen LogP) is 22.0. The van der Waals surface area contributed by atoms with E-state index in [0.29, 0.717) is 125 Å². The molecule has 2 saturated heterocycles. The third-order valence-corrected chi connectivity index (χ3v) is 22.3. The third-order valence-electron chi connectivity index (χ3n) is 22.3. The molecule has 4 aliphatic rings. The average Bonchev–Trinajstić information content (AvgIpc) is 1.53. The summed E-state index contributed by atoms with van der Waals surface area (Å²) in [7, 11) is 0. The van der Waals surface area contributed by atoms with Gasteiger partial charge in [-0.05, 0) is 226 Å². The van der Waals surface area contributed by atoms with E-state index in [-0.39, 0.29) is 10.8 Å². The van der Waals surface area contributed by atoms with Crippen LogP contribution >= 0.6 is 0 Å². The van der Waals surface area contributed by atoms with Gasteiger partial charge in [0.25, 0.3) is 0 Å². The predicted molar refractivity (Wildman–Crippen MR) is 418 cm³/mol. The molecule has 0 amide bonds. The number of fused-ring (bicyclic) bond motifs is 6. The van der Waals surface area contributed by atoms with E-state index in [0.717, 1.165) is 114 Å². The summed E-state index contributed by atoms with van der Waals surface area (Å²) < 4.78 is 110. The molecule has 14 heteroatoms. The Hall–Kier alpha value is -11.0. The molecule has 2 atom stereocenters. The van der Waals surface area contributed by atoms with E-state index in [1.54, 1.807) is 12.1 Å². The van der Waals surface area contributed by atoms with Crippen LogP contribution in [0.5, 0.6) is 23.0 Å². The molecule has 2 fully saturated rings. The Morgan fingerprint density at radius 2 is 0.620 bits per heavy atom. The van der Waals surface area contributed by atoms with Gasteiger partial charge in [0.15, 0.2) is 23.3 Å². The number of nitrogens with zero attached hydrogens (tertiary/aromatic N) is 2. The van der Waals surface area contributed by atoms with Gasteiger partial charge in [-0.3, -0.25) is 0 Å². The first kappa shape index (κ1) is 71.3. The molecule has 2 unspecified atom stereocenters. The Labute approximate surface area is 628 Å². The van der Waals surface area contributed by atoms with Crippen LogP contribution in [0.15, 0.2) is 267 Å². The van der Waals surface area contributed by atoms with E-state index in [9.17, 15) is 0 Å². The maximum atomic E-state index is 15.9. The van der Waals surface area contributed by atoms with E-state index in [1.165, 1.54) is 12.1 Å². The Morgan fingerprint density at radius 1 is 0.306 bits per heavy atom. The van der Waals surface area contributed by atoms with Crippen molar-refractivity contribution in [2.24, 2.45) is 10.8 Å². The van der Waals surface area contributed by atoms with Crippen molar-refractivity contribution >= 4 is 34.1 Å². The summed E-state index contributed by atoms with van der Waals surface area (Å²) in [4.78, 5) is 3.92. The fraction of sp³-hybridized carbons (Fsp3) is 0.234. The second kappa shape index (κ2) is 30.3. The van der Waals surface area contributed by atoms with Crippen LogP contribution in [0.3, 0.4) is 0 Å². The zero-order valence-corrected chi connectivity index (χ0v) is 61.0. The lowest BCUT2D eigenvalue weighted by atomic mass is 9.67. The van der Waals surface area contributed by atoms with Crippen molar-refractivity contribution in [3.63, 3.8) is 0 Å². The van der Waals surface area contributed by atoms with E-state index < -0.39 is 34.1 Å². The van der Waals surface area contributed by atoms with Crippen molar-refractivity contribution in [3.8, 4) is 56.4 Å².